The number of rotatable bonds is 4. The smallest absolute Gasteiger partial charge is 0.0345 e. The molecule has 0 aliphatic rings. The topological polar surface area (TPSA) is 0 Å². The van der Waals surface area contributed by atoms with E-state index in [-0.39, 0.29) is 0 Å². The standard InChI is InChI=1S/C14H16S/c1-2-3-4-5-6-12-7-8-13-9-10-15-14(13)11-12/h3-4,7-11H,2,5-6H2,1H3. The van der Waals surface area contributed by atoms with E-state index >= 15 is 0 Å². The first-order chi connectivity index (χ1) is 7.40. The van der Waals surface area contributed by atoms with Gasteiger partial charge in [0.1, 0.15) is 0 Å². The highest BCUT2D eigenvalue weighted by molar-refractivity contribution is 7.17. The Balaban J connectivity index is 2.04. The molecular weight excluding hydrogens is 200 g/mol. The molecule has 78 valence electrons. The maximum Gasteiger partial charge on any atom is 0.0345 e. The summed E-state index contributed by atoms with van der Waals surface area (Å²) >= 11 is 1.83. The van der Waals surface area contributed by atoms with E-state index in [1.54, 1.807) is 0 Å². The summed E-state index contributed by atoms with van der Waals surface area (Å²) in [6, 6.07) is 8.97. The van der Waals surface area contributed by atoms with Crippen LogP contribution in [0.25, 0.3) is 10.1 Å². The Morgan fingerprint density at radius 3 is 3.00 bits per heavy atom. The van der Waals surface area contributed by atoms with Gasteiger partial charge < -0.3 is 0 Å². The summed E-state index contributed by atoms with van der Waals surface area (Å²) in [5, 5.41) is 3.53. The molecule has 0 radical (unpaired) electrons. The number of aryl methyl sites for hydroxylation is 1. The second-order valence-electron chi connectivity index (χ2n) is 3.71. The van der Waals surface area contributed by atoms with Gasteiger partial charge in [0.2, 0.25) is 0 Å². The largest absolute Gasteiger partial charge is 0.144 e. The molecule has 0 spiro atoms. The van der Waals surface area contributed by atoms with Crippen LogP contribution in [0.1, 0.15) is 25.3 Å². The molecular formula is C14H16S. The summed E-state index contributed by atoms with van der Waals surface area (Å²) in [5.74, 6) is 0. The molecule has 0 unspecified atom stereocenters. The van der Waals surface area contributed by atoms with Crippen LogP contribution < -0.4 is 0 Å². The normalized spacial score (nSPS) is 11.5. The van der Waals surface area contributed by atoms with Crippen molar-refractivity contribution in [2.75, 3.05) is 0 Å². The van der Waals surface area contributed by atoms with Gasteiger partial charge in [-0.2, -0.15) is 0 Å². The summed E-state index contributed by atoms with van der Waals surface area (Å²) in [6.45, 7) is 2.17. The number of allylic oxidation sites excluding steroid dienone is 2. The predicted molar refractivity (Wildman–Crippen MR) is 69.6 cm³/mol. The Bertz CT molecular complexity index is 451. The molecule has 1 aromatic heterocycles. The first kappa shape index (κ1) is 10.4. The van der Waals surface area contributed by atoms with Crippen molar-refractivity contribution in [3.63, 3.8) is 0 Å². The third-order valence-corrected chi connectivity index (χ3v) is 3.40. The minimum Gasteiger partial charge on any atom is -0.144 e. The molecule has 1 heteroatoms. The van der Waals surface area contributed by atoms with Crippen molar-refractivity contribution < 1.29 is 0 Å². The minimum absolute atomic E-state index is 1.14. The van der Waals surface area contributed by atoms with Crippen molar-refractivity contribution >= 4 is 21.4 Å². The van der Waals surface area contributed by atoms with E-state index in [1.165, 1.54) is 15.6 Å². The lowest BCUT2D eigenvalue weighted by molar-refractivity contribution is 0.995. The van der Waals surface area contributed by atoms with Gasteiger partial charge in [0, 0.05) is 4.70 Å². The van der Waals surface area contributed by atoms with Crippen molar-refractivity contribution in [3.8, 4) is 0 Å². The number of hydrogen-bond donors (Lipinski definition) is 0. The van der Waals surface area contributed by atoms with Crippen molar-refractivity contribution in [3.05, 3.63) is 47.4 Å². The number of hydrogen-bond acceptors (Lipinski definition) is 1. The fraction of sp³-hybridized carbons (Fsp3) is 0.286. The van der Waals surface area contributed by atoms with Crippen LogP contribution in [-0.2, 0) is 6.42 Å². The molecule has 0 saturated carbocycles. The predicted octanol–water partition coefficient (Wildman–Crippen LogP) is 4.80. The van der Waals surface area contributed by atoms with Crippen LogP contribution >= 0.6 is 11.3 Å². The van der Waals surface area contributed by atoms with E-state index in [2.05, 4.69) is 48.7 Å². The Hall–Kier alpha value is -1.08. The van der Waals surface area contributed by atoms with E-state index in [4.69, 9.17) is 0 Å². The van der Waals surface area contributed by atoms with Gasteiger partial charge in [-0.15, -0.1) is 11.3 Å². The zero-order chi connectivity index (χ0) is 10.5. The zero-order valence-corrected chi connectivity index (χ0v) is 9.89. The van der Waals surface area contributed by atoms with Crippen LogP contribution in [0.5, 0.6) is 0 Å². The SMILES string of the molecule is CCC=CCCc1ccc2ccsc2c1. The molecule has 2 rings (SSSR count). The highest BCUT2D eigenvalue weighted by Crippen LogP contribution is 2.22. The summed E-state index contributed by atoms with van der Waals surface area (Å²) in [5.41, 5.74) is 1.45. The molecule has 0 aliphatic heterocycles. The lowest BCUT2D eigenvalue weighted by atomic mass is 10.1. The van der Waals surface area contributed by atoms with Crippen LogP contribution in [0.3, 0.4) is 0 Å². The van der Waals surface area contributed by atoms with Crippen LogP contribution in [0.15, 0.2) is 41.8 Å². The molecule has 1 heterocycles. The highest BCUT2D eigenvalue weighted by atomic mass is 32.1. The molecule has 0 aliphatic carbocycles. The Kier molecular flexibility index (Phi) is 3.57. The monoisotopic (exact) mass is 216 g/mol. The first-order valence-corrected chi connectivity index (χ1v) is 6.39. The van der Waals surface area contributed by atoms with Crippen LogP contribution in [0.4, 0.5) is 0 Å². The van der Waals surface area contributed by atoms with Gasteiger partial charge in [-0.1, -0.05) is 31.2 Å². The van der Waals surface area contributed by atoms with Crippen LogP contribution in [-0.4, -0.2) is 0 Å². The number of fused-ring (bicyclic) bond motifs is 1. The third-order valence-electron chi connectivity index (χ3n) is 2.52. The second-order valence-corrected chi connectivity index (χ2v) is 4.66. The number of benzene rings is 1. The number of thiophene rings is 1. The lowest BCUT2D eigenvalue weighted by Crippen LogP contribution is -1.81. The third kappa shape index (κ3) is 2.69. The van der Waals surface area contributed by atoms with Crippen LogP contribution in [0.2, 0.25) is 0 Å². The molecule has 0 nitrogen and oxygen atoms in total. The summed E-state index contributed by atoms with van der Waals surface area (Å²) < 4.78 is 1.41. The minimum atomic E-state index is 1.14. The maximum absolute atomic E-state index is 2.32. The quantitative estimate of drug-likeness (QED) is 0.644. The van der Waals surface area contributed by atoms with Crippen molar-refractivity contribution in [2.45, 2.75) is 26.2 Å². The molecule has 15 heavy (non-hydrogen) atoms. The molecule has 1 aromatic carbocycles. The Labute approximate surface area is 95.3 Å². The molecule has 0 bridgehead atoms. The van der Waals surface area contributed by atoms with Crippen LogP contribution in [0, 0.1) is 0 Å². The summed E-state index contributed by atoms with van der Waals surface area (Å²) in [4.78, 5) is 0. The average Bonchev–Trinajstić information content (AvgIpc) is 2.71. The molecule has 2 aromatic rings. The summed E-state index contributed by atoms with van der Waals surface area (Å²) in [6.07, 6.45) is 7.97. The van der Waals surface area contributed by atoms with Crippen molar-refractivity contribution in [1.82, 2.24) is 0 Å². The molecule has 0 saturated heterocycles. The molecule has 0 fully saturated rings. The van der Waals surface area contributed by atoms with E-state index in [0.29, 0.717) is 0 Å². The van der Waals surface area contributed by atoms with Gasteiger partial charge >= 0.3 is 0 Å². The molecule has 0 atom stereocenters. The van der Waals surface area contributed by atoms with E-state index in [0.717, 1.165) is 19.3 Å². The van der Waals surface area contributed by atoms with E-state index < -0.39 is 0 Å². The fourth-order valence-electron chi connectivity index (χ4n) is 1.69. The highest BCUT2D eigenvalue weighted by Gasteiger charge is 1.96. The van der Waals surface area contributed by atoms with Crippen molar-refractivity contribution in [1.29, 1.82) is 0 Å². The molecule has 0 N–H and O–H groups in total. The Morgan fingerprint density at radius 1 is 1.20 bits per heavy atom. The van der Waals surface area contributed by atoms with Gasteiger partial charge in [0.05, 0.1) is 0 Å². The zero-order valence-electron chi connectivity index (χ0n) is 9.07. The van der Waals surface area contributed by atoms with E-state index in [9.17, 15) is 0 Å². The van der Waals surface area contributed by atoms with Gasteiger partial charge in [-0.05, 0) is 47.7 Å². The first-order valence-electron chi connectivity index (χ1n) is 5.51. The average molecular weight is 216 g/mol. The van der Waals surface area contributed by atoms with Gasteiger partial charge in [-0.25, -0.2) is 0 Å². The van der Waals surface area contributed by atoms with Crippen molar-refractivity contribution in [2.24, 2.45) is 0 Å². The maximum atomic E-state index is 2.32. The van der Waals surface area contributed by atoms with E-state index in [1.807, 2.05) is 11.3 Å². The summed E-state index contributed by atoms with van der Waals surface area (Å²) in [7, 11) is 0. The fourth-order valence-corrected chi connectivity index (χ4v) is 2.54. The van der Waals surface area contributed by atoms with Gasteiger partial charge in [0.15, 0.2) is 0 Å². The van der Waals surface area contributed by atoms with Gasteiger partial charge in [0.25, 0.3) is 0 Å². The Morgan fingerprint density at radius 2 is 2.13 bits per heavy atom. The second kappa shape index (κ2) is 5.13. The van der Waals surface area contributed by atoms with Gasteiger partial charge in [-0.3, -0.25) is 0 Å². The molecule has 0 amide bonds. The lowest BCUT2D eigenvalue weighted by Gasteiger charge is -1.98.